The van der Waals surface area contributed by atoms with Crippen LogP contribution in [-0.2, 0) is 0 Å². The first-order valence-corrected chi connectivity index (χ1v) is 10.3. The van der Waals surface area contributed by atoms with E-state index in [1.807, 2.05) is 0 Å². The molecule has 0 aliphatic heterocycles. The fourth-order valence-electron chi connectivity index (χ4n) is 3.72. The van der Waals surface area contributed by atoms with Crippen LogP contribution in [0.3, 0.4) is 0 Å². The number of nitrogens with one attached hydrogen (secondary N) is 1. The Morgan fingerprint density at radius 3 is 2.21 bits per heavy atom. The summed E-state index contributed by atoms with van der Waals surface area (Å²) in [5, 5.41) is 0. The van der Waals surface area contributed by atoms with Crippen LogP contribution in [0.2, 0.25) is 13.1 Å². The van der Waals surface area contributed by atoms with Crippen LogP contribution in [0.1, 0.15) is 51.3 Å². The third-order valence-electron chi connectivity index (χ3n) is 4.12. The number of allylic oxidation sites excluding steroid dienone is 2. The van der Waals surface area contributed by atoms with E-state index >= 15 is 0 Å². The van der Waals surface area contributed by atoms with Gasteiger partial charge in [0.25, 0.3) is 0 Å². The molecule has 19 heavy (non-hydrogen) atoms. The predicted octanol–water partition coefficient (Wildman–Crippen LogP) is 4.71. The summed E-state index contributed by atoms with van der Waals surface area (Å²) in [6.07, 6.45) is 0. The van der Waals surface area contributed by atoms with Crippen LogP contribution in [0.4, 0.5) is 0 Å². The van der Waals surface area contributed by atoms with E-state index in [2.05, 4.69) is 77.0 Å². The molecule has 0 heterocycles. The molecule has 1 aliphatic rings. The van der Waals surface area contributed by atoms with Gasteiger partial charge in [0.05, 0.1) is 0 Å². The number of rotatable bonds is 2. The Hall–Kier alpha value is -0.863. The van der Waals surface area contributed by atoms with E-state index in [0.717, 1.165) is 0 Å². The van der Waals surface area contributed by atoms with Crippen LogP contribution in [-0.4, -0.2) is 13.8 Å². The van der Waals surface area contributed by atoms with Gasteiger partial charge in [-0.05, 0) is 51.3 Å². The van der Waals surface area contributed by atoms with Crippen molar-refractivity contribution in [3.05, 3.63) is 41.0 Å². The van der Waals surface area contributed by atoms with Crippen molar-refractivity contribution in [2.45, 2.75) is 58.8 Å². The highest BCUT2D eigenvalue weighted by Gasteiger charge is 2.41. The maximum absolute atomic E-state index is 3.93. The highest BCUT2D eigenvalue weighted by molar-refractivity contribution is 6.77. The molecule has 1 unspecified atom stereocenters. The van der Waals surface area contributed by atoms with Gasteiger partial charge in [-0.3, -0.25) is 0 Å². The lowest BCUT2D eigenvalue weighted by Gasteiger charge is -2.39. The Morgan fingerprint density at radius 1 is 1.05 bits per heavy atom. The zero-order chi connectivity index (χ0) is 14.4. The third kappa shape index (κ3) is 2.70. The molecule has 0 saturated heterocycles. The Morgan fingerprint density at radius 2 is 1.63 bits per heavy atom. The number of fused-ring (bicyclic) bond motifs is 1. The van der Waals surface area contributed by atoms with Gasteiger partial charge in [-0.25, -0.2) is 0 Å². The van der Waals surface area contributed by atoms with Crippen molar-refractivity contribution in [2.24, 2.45) is 0 Å². The zero-order valence-corrected chi connectivity index (χ0v) is 14.4. The van der Waals surface area contributed by atoms with E-state index in [9.17, 15) is 0 Å². The van der Waals surface area contributed by atoms with Crippen LogP contribution in [0.5, 0.6) is 0 Å². The van der Waals surface area contributed by atoms with E-state index in [-0.39, 0.29) is 5.54 Å². The average molecular weight is 273 g/mol. The van der Waals surface area contributed by atoms with Crippen LogP contribution < -0.4 is 4.98 Å². The quantitative estimate of drug-likeness (QED) is 0.770. The minimum atomic E-state index is -1.57. The van der Waals surface area contributed by atoms with Gasteiger partial charge in [0.2, 0.25) is 0 Å². The lowest BCUT2D eigenvalue weighted by Crippen LogP contribution is -2.58. The molecule has 0 bridgehead atoms. The minimum Gasteiger partial charge on any atom is -0.332 e. The summed E-state index contributed by atoms with van der Waals surface area (Å²) < 4.78 is 0. The molecule has 1 N–H and O–H groups in total. The molecule has 1 nitrogen and oxygen atoms in total. The first-order chi connectivity index (χ1) is 8.63. The van der Waals surface area contributed by atoms with Gasteiger partial charge in [0.15, 0.2) is 0 Å². The van der Waals surface area contributed by atoms with Crippen molar-refractivity contribution in [2.75, 3.05) is 0 Å². The summed E-state index contributed by atoms with van der Waals surface area (Å²) >= 11 is 0. The highest BCUT2D eigenvalue weighted by atomic mass is 28.3. The topological polar surface area (TPSA) is 12.0 Å². The predicted molar refractivity (Wildman–Crippen MR) is 87.8 cm³/mol. The number of benzene rings is 1. The molecular formula is C17H27NSi. The summed E-state index contributed by atoms with van der Waals surface area (Å²) in [5.41, 5.74) is 6.82. The molecule has 2 heteroatoms. The monoisotopic (exact) mass is 273 g/mol. The molecule has 0 saturated carbocycles. The molecule has 0 fully saturated rings. The molecular weight excluding hydrogens is 246 g/mol. The molecule has 0 aromatic heterocycles. The smallest absolute Gasteiger partial charge is 0.131 e. The molecule has 0 radical (unpaired) electrons. The van der Waals surface area contributed by atoms with E-state index in [0.29, 0.717) is 5.54 Å². The van der Waals surface area contributed by atoms with E-state index in [1.54, 1.807) is 5.57 Å². The van der Waals surface area contributed by atoms with Crippen molar-refractivity contribution in [1.29, 1.82) is 0 Å². The van der Waals surface area contributed by atoms with Crippen molar-refractivity contribution in [3.8, 4) is 0 Å². The lowest BCUT2D eigenvalue weighted by molar-refractivity contribution is 0.508. The Bertz CT molecular complexity index is 520. The lowest BCUT2D eigenvalue weighted by atomic mass is 10.1. The van der Waals surface area contributed by atoms with E-state index in [1.165, 1.54) is 16.7 Å². The van der Waals surface area contributed by atoms with Crippen molar-refractivity contribution in [1.82, 2.24) is 4.98 Å². The highest BCUT2D eigenvalue weighted by Crippen LogP contribution is 2.45. The second kappa shape index (κ2) is 4.60. The van der Waals surface area contributed by atoms with Gasteiger partial charge < -0.3 is 4.98 Å². The standard InChI is InChI=1S/C17H27NSi/c1-12-13(2)16(15-11-9-8-10-14(12)15)19(6,7)18-17(3,4)5/h8-11,16,18H,1-7H3. The summed E-state index contributed by atoms with van der Waals surface area (Å²) in [4.78, 5) is 3.93. The van der Waals surface area contributed by atoms with Crippen molar-refractivity contribution < 1.29 is 0 Å². The van der Waals surface area contributed by atoms with Crippen molar-refractivity contribution in [3.63, 3.8) is 0 Å². The van der Waals surface area contributed by atoms with Gasteiger partial charge >= 0.3 is 0 Å². The molecule has 0 spiro atoms. The van der Waals surface area contributed by atoms with Crippen LogP contribution >= 0.6 is 0 Å². The molecule has 104 valence electrons. The van der Waals surface area contributed by atoms with Gasteiger partial charge in [-0.15, -0.1) is 0 Å². The van der Waals surface area contributed by atoms with Crippen LogP contribution in [0.25, 0.3) is 5.57 Å². The third-order valence-corrected chi connectivity index (χ3v) is 7.70. The number of hydrogen-bond acceptors (Lipinski definition) is 1. The maximum atomic E-state index is 3.93. The van der Waals surface area contributed by atoms with E-state index in [4.69, 9.17) is 0 Å². The Balaban J connectivity index is 2.46. The van der Waals surface area contributed by atoms with Gasteiger partial charge in [-0.1, -0.05) is 42.9 Å². The van der Waals surface area contributed by atoms with Crippen molar-refractivity contribution >= 4 is 13.8 Å². The summed E-state index contributed by atoms with van der Waals surface area (Å²) in [6.45, 7) is 16.3. The molecule has 1 aromatic carbocycles. The summed E-state index contributed by atoms with van der Waals surface area (Å²) in [6, 6.07) is 8.93. The Kier molecular flexibility index (Phi) is 3.52. The normalized spacial score (nSPS) is 19.8. The maximum Gasteiger partial charge on any atom is 0.131 e. The fourth-order valence-corrected chi connectivity index (χ4v) is 8.13. The second-order valence-electron chi connectivity index (χ2n) is 7.42. The summed E-state index contributed by atoms with van der Waals surface area (Å²) in [5.74, 6) is 0. The molecule has 0 amide bonds. The SMILES string of the molecule is CC1=C(C)C([Si](C)(C)NC(C)(C)C)c2ccccc21. The fraction of sp³-hybridized carbons (Fsp3) is 0.529. The van der Waals surface area contributed by atoms with Crippen LogP contribution in [0.15, 0.2) is 29.8 Å². The zero-order valence-electron chi connectivity index (χ0n) is 13.4. The van der Waals surface area contributed by atoms with E-state index < -0.39 is 8.24 Å². The van der Waals surface area contributed by atoms with Crippen LogP contribution in [0, 0.1) is 0 Å². The molecule has 1 aromatic rings. The molecule has 1 atom stereocenters. The first-order valence-electron chi connectivity index (χ1n) is 7.19. The molecule has 2 rings (SSSR count). The first kappa shape index (κ1) is 14.5. The van der Waals surface area contributed by atoms with Gasteiger partial charge in [-0.2, -0.15) is 0 Å². The second-order valence-corrected chi connectivity index (χ2v) is 11.7. The van der Waals surface area contributed by atoms with Gasteiger partial charge in [0, 0.05) is 11.1 Å². The largest absolute Gasteiger partial charge is 0.332 e. The van der Waals surface area contributed by atoms with Gasteiger partial charge in [0.1, 0.15) is 8.24 Å². The number of hydrogen-bond donors (Lipinski definition) is 1. The average Bonchev–Trinajstić information content (AvgIpc) is 2.49. The summed E-state index contributed by atoms with van der Waals surface area (Å²) in [7, 11) is -1.57. The molecule has 1 aliphatic carbocycles. The Labute approximate surface area is 119 Å². The minimum absolute atomic E-state index is 0.182.